The van der Waals surface area contributed by atoms with Gasteiger partial charge in [0.25, 0.3) is 0 Å². The van der Waals surface area contributed by atoms with E-state index in [1.807, 2.05) is 18.2 Å². The van der Waals surface area contributed by atoms with Crippen LogP contribution < -0.4 is 0 Å². The van der Waals surface area contributed by atoms with Crippen LogP contribution in [0.1, 0.15) is 0 Å². The van der Waals surface area contributed by atoms with Crippen LogP contribution in [0.3, 0.4) is 0 Å². The van der Waals surface area contributed by atoms with Crippen molar-refractivity contribution < 1.29 is 4.57 Å². The van der Waals surface area contributed by atoms with E-state index in [-0.39, 0.29) is 8.46 Å². The summed E-state index contributed by atoms with van der Waals surface area (Å²) in [5.41, 5.74) is 0. The first kappa shape index (κ1) is 10.0. The van der Waals surface area contributed by atoms with Crippen molar-refractivity contribution in [3.05, 3.63) is 24.4 Å². The Morgan fingerprint density at radius 1 is 1.58 bits per heavy atom. The van der Waals surface area contributed by atoms with Gasteiger partial charge in [0.15, 0.2) is 8.46 Å². The van der Waals surface area contributed by atoms with Gasteiger partial charge in [0.05, 0.1) is 5.03 Å². The van der Waals surface area contributed by atoms with E-state index in [4.69, 9.17) is 0 Å². The molecule has 0 saturated carbocycles. The van der Waals surface area contributed by atoms with Crippen molar-refractivity contribution in [1.29, 1.82) is 0 Å². The molecule has 0 N–H and O–H groups in total. The van der Waals surface area contributed by atoms with E-state index in [2.05, 4.69) is 16.6 Å². The maximum Gasteiger partial charge on any atom is 0.156 e. The number of thiol groups is 2. The fourth-order valence-corrected chi connectivity index (χ4v) is 3.69. The molecule has 0 aromatic carbocycles. The van der Waals surface area contributed by atoms with Gasteiger partial charge in [-0.1, -0.05) is 6.07 Å². The van der Waals surface area contributed by atoms with Crippen molar-refractivity contribution in [3.8, 4) is 0 Å². The molecule has 0 fully saturated rings. The van der Waals surface area contributed by atoms with Gasteiger partial charge in [0, 0.05) is 12.4 Å². The molecule has 0 amide bonds. The number of pyridine rings is 1. The molecule has 0 saturated heterocycles. The number of aromatic nitrogens is 1. The van der Waals surface area contributed by atoms with E-state index < -0.39 is 9.93 Å². The molecule has 12 heavy (non-hydrogen) atoms. The van der Waals surface area contributed by atoms with Gasteiger partial charge in [-0.25, -0.2) is 0 Å². The van der Waals surface area contributed by atoms with Gasteiger partial charge in [-0.3, -0.25) is 9.55 Å². The van der Waals surface area contributed by atoms with E-state index in [1.54, 1.807) is 6.20 Å². The topological polar surface area (TPSA) is 30.0 Å². The third-order valence-corrected chi connectivity index (χ3v) is 4.73. The molecular weight excluding hydrogens is 209 g/mol. The molecule has 1 aromatic rings. The van der Waals surface area contributed by atoms with Crippen molar-refractivity contribution in [2.45, 2.75) is 5.03 Å². The lowest BCUT2D eigenvalue weighted by atomic mass is 10.5. The first-order valence-corrected chi connectivity index (χ1v) is 7.19. The largest absolute Gasteiger partial charge is 0.275 e. The molecular formula is C7H10NOPS2. The Balaban J connectivity index is 2.53. The SMILES string of the molecule is O=PCC[SH](S)c1ccccn1. The maximum absolute atomic E-state index is 10.2. The molecule has 0 aliphatic carbocycles. The van der Waals surface area contributed by atoms with Crippen LogP contribution >= 0.6 is 30.0 Å². The minimum atomic E-state index is -0.505. The van der Waals surface area contributed by atoms with Gasteiger partial charge >= 0.3 is 0 Å². The zero-order valence-corrected chi connectivity index (χ0v) is 9.10. The van der Waals surface area contributed by atoms with Crippen LogP contribution in [0.15, 0.2) is 29.4 Å². The summed E-state index contributed by atoms with van der Waals surface area (Å²) < 4.78 is 10.2. The Morgan fingerprint density at radius 3 is 3.00 bits per heavy atom. The van der Waals surface area contributed by atoms with Crippen molar-refractivity contribution in [1.82, 2.24) is 4.98 Å². The molecule has 0 aliphatic heterocycles. The summed E-state index contributed by atoms with van der Waals surface area (Å²) in [5.74, 6) is 0.862. The van der Waals surface area contributed by atoms with Gasteiger partial charge in [0.1, 0.15) is 0 Å². The van der Waals surface area contributed by atoms with E-state index in [9.17, 15) is 4.57 Å². The standard InChI is InChI=1S/C7H10NOPS2/c9-10-5-6-12(11)7-3-1-2-4-8-7/h1-4,11-12H,5-6H2. The molecule has 1 atom stereocenters. The zero-order valence-electron chi connectivity index (χ0n) is 6.42. The predicted octanol–water partition coefficient (Wildman–Crippen LogP) is 2.58. The Labute approximate surface area is 81.1 Å². The minimum absolute atomic E-state index is 0.200. The summed E-state index contributed by atoms with van der Waals surface area (Å²) in [7, 11) is -0.306. The maximum atomic E-state index is 10.2. The van der Waals surface area contributed by atoms with E-state index in [0.29, 0.717) is 6.16 Å². The zero-order chi connectivity index (χ0) is 8.81. The van der Waals surface area contributed by atoms with Gasteiger partial charge < -0.3 is 0 Å². The van der Waals surface area contributed by atoms with Crippen LogP contribution in [-0.2, 0) is 4.57 Å². The van der Waals surface area contributed by atoms with E-state index in [1.165, 1.54) is 0 Å². The highest BCUT2D eigenvalue weighted by Gasteiger charge is 2.01. The lowest BCUT2D eigenvalue weighted by Crippen LogP contribution is -1.87. The summed E-state index contributed by atoms with van der Waals surface area (Å²) in [6.45, 7) is 0. The number of nitrogens with zero attached hydrogens (tertiary/aromatic N) is 1. The quantitative estimate of drug-likeness (QED) is 0.463. The highest BCUT2D eigenvalue weighted by molar-refractivity contribution is 8.78. The van der Waals surface area contributed by atoms with Crippen molar-refractivity contribution in [3.63, 3.8) is 0 Å². The molecule has 1 heterocycles. The highest BCUT2D eigenvalue weighted by atomic mass is 33.1. The smallest absolute Gasteiger partial charge is 0.156 e. The monoisotopic (exact) mass is 219 g/mol. The van der Waals surface area contributed by atoms with E-state index >= 15 is 0 Å². The van der Waals surface area contributed by atoms with Crippen LogP contribution in [0.4, 0.5) is 0 Å². The van der Waals surface area contributed by atoms with Crippen molar-refractivity contribution >= 4 is 30.0 Å². The molecule has 1 rings (SSSR count). The highest BCUT2D eigenvalue weighted by Crippen LogP contribution is 2.38. The summed E-state index contributed by atoms with van der Waals surface area (Å²) in [6.07, 6.45) is 2.43. The van der Waals surface area contributed by atoms with Crippen LogP contribution in [0.2, 0.25) is 0 Å². The Morgan fingerprint density at radius 2 is 2.42 bits per heavy atom. The molecule has 0 aliphatic rings. The minimum Gasteiger partial charge on any atom is -0.275 e. The fraction of sp³-hybridized carbons (Fsp3) is 0.286. The Kier molecular flexibility index (Phi) is 4.66. The molecule has 1 unspecified atom stereocenters. The lowest BCUT2D eigenvalue weighted by Gasteiger charge is -2.10. The molecule has 1 aromatic heterocycles. The van der Waals surface area contributed by atoms with Gasteiger partial charge in [-0.05, 0) is 17.9 Å². The summed E-state index contributed by atoms with van der Waals surface area (Å²) in [6, 6.07) is 5.79. The number of hydrogen-bond acceptors (Lipinski definition) is 3. The van der Waals surface area contributed by atoms with Gasteiger partial charge in [0.2, 0.25) is 0 Å². The first-order valence-electron chi connectivity index (χ1n) is 3.51. The predicted molar refractivity (Wildman–Crippen MR) is 57.8 cm³/mol. The van der Waals surface area contributed by atoms with E-state index in [0.717, 1.165) is 10.8 Å². The fourth-order valence-electron chi connectivity index (χ4n) is 0.757. The second kappa shape index (κ2) is 5.57. The summed E-state index contributed by atoms with van der Waals surface area (Å²) >= 11 is 4.41. The second-order valence-electron chi connectivity index (χ2n) is 2.16. The van der Waals surface area contributed by atoms with Crippen LogP contribution in [-0.4, -0.2) is 16.9 Å². The molecule has 0 radical (unpaired) electrons. The Bertz CT molecular complexity index is 244. The van der Waals surface area contributed by atoms with Crippen LogP contribution in [0.5, 0.6) is 0 Å². The average Bonchev–Trinajstić information content (AvgIpc) is 2.15. The van der Waals surface area contributed by atoms with Crippen molar-refractivity contribution in [2.24, 2.45) is 0 Å². The Hall–Kier alpha value is -0.0500. The van der Waals surface area contributed by atoms with Crippen LogP contribution in [0.25, 0.3) is 0 Å². The third-order valence-electron chi connectivity index (χ3n) is 1.32. The van der Waals surface area contributed by atoms with Gasteiger partial charge in [-0.15, -0.1) is 11.7 Å². The van der Waals surface area contributed by atoms with Crippen LogP contribution in [0, 0.1) is 0 Å². The third kappa shape index (κ3) is 3.13. The molecule has 0 spiro atoms. The van der Waals surface area contributed by atoms with Gasteiger partial charge in [-0.2, -0.15) is 9.93 Å². The molecule has 0 bridgehead atoms. The summed E-state index contributed by atoms with van der Waals surface area (Å²) in [4.78, 5) is 4.18. The molecule has 5 heteroatoms. The molecule has 66 valence electrons. The number of rotatable bonds is 4. The molecule has 2 nitrogen and oxygen atoms in total. The second-order valence-corrected chi connectivity index (χ2v) is 6.02. The normalized spacial score (nSPS) is 14.6. The average molecular weight is 219 g/mol. The lowest BCUT2D eigenvalue weighted by molar-refractivity contribution is 0.599. The van der Waals surface area contributed by atoms with Crippen molar-refractivity contribution in [2.75, 3.05) is 11.9 Å². The summed E-state index contributed by atoms with van der Waals surface area (Å²) in [5, 5.41) is 1.01. The first-order chi connectivity index (χ1) is 5.84. The number of hydrogen-bond donors (Lipinski definition) is 2.